The fourth-order valence-electron chi connectivity index (χ4n) is 2.17. The van der Waals surface area contributed by atoms with Crippen molar-refractivity contribution in [2.24, 2.45) is 0 Å². The number of carbonyl (C=O) groups is 2. The minimum atomic E-state index is -4.94. The van der Waals surface area contributed by atoms with Gasteiger partial charge in [-0.3, -0.25) is 4.79 Å². The minimum absolute atomic E-state index is 0.105. The zero-order valence-electron chi connectivity index (χ0n) is 16.2. The van der Waals surface area contributed by atoms with Gasteiger partial charge < -0.3 is 23.5 Å². The van der Waals surface area contributed by atoms with Crippen LogP contribution in [0.15, 0.2) is 12.1 Å². The number of halogens is 3. The van der Waals surface area contributed by atoms with E-state index in [1.165, 1.54) is 0 Å². The highest BCUT2D eigenvalue weighted by Gasteiger charge is 2.37. The van der Waals surface area contributed by atoms with Crippen molar-refractivity contribution in [2.45, 2.75) is 45.9 Å². The van der Waals surface area contributed by atoms with Crippen molar-refractivity contribution in [2.75, 3.05) is 13.2 Å². The molecule has 1 amide bonds. The van der Waals surface area contributed by atoms with Crippen LogP contribution < -0.4 is 14.2 Å². The number of alkyl halides is 3. The first-order chi connectivity index (χ1) is 13.2. The molecule has 0 saturated carbocycles. The Morgan fingerprint density at radius 1 is 1.21 bits per heavy atom. The summed E-state index contributed by atoms with van der Waals surface area (Å²) < 4.78 is 76.0. The lowest BCUT2D eigenvalue weighted by Crippen LogP contribution is -2.33. The first-order valence-corrected chi connectivity index (χ1v) is 9.34. The second kappa shape index (κ2) is 9.92. The second-order valence-electron chi connectivity index (χ2n) is 6.82. The number of Topliss-reactive ketones (excluding diaryl/α,β-unsaturated/α-hetero) is 1. The summed E-state index contributed by atoms with van der Waals surface area (Å²) >= 11 is -3.20. The van der Waals surface area contributed by atoms with Crippen LogP contribution in [0, 0.1) is 0 Å². The topological polar surface area (TPSA) is 114 Å². The van der Waals surface area contributed by atoms with Crippen molar-refractivity contribution in [1.29, 1.82) is 0 Å². The number of benzene rings is 1. The normalized spacial score (nSPS) is 12.8. The number of alkyl carbamates (subject to hydrolysis) is 1. The van der Waals surface area contributed by atoms with Gasteiger partial charge in [-0.1, -0.05) is 0 Å². The molecule has 1 atom stereocenters. The van der Waals surface area contributed by atoms with E-state index in [9.17, 15) is 31.5 Å². The molecule has 1 N–H and O–H groups in total. The SMILES string of the molecule is CC(=O)c1c(OS(=O)[O-])cc(OCCCNC(=O)OC(C)(C)C)cc1C(F)(F)F. The van der Waals surface area contributed by atoms with E-state index in [-0.39, 0.29) is 25.3 Å². The Balaban J connectivity index is 2.87. The molecule has 1 aromatic carbocycles. The average molecular weight is 440 g/mol. The highest BCUT2D eigenvalue weighted by molar-refractivity contribution is 7.74. The van der Waals surface area contributed by atoms with Crippen LogP contribution in [0.2, 0.25) is 0 Å². The summed E-state index contributed by atoms with van der Waals surface area (Å²) in [6.45, 7) is 5.94. The molecule has 0 saturated heterocycles. The Bertz CT molecular complexity index is 776. The fraction of sp³-hybridized carbons (Fsp3) is 0.529. The van der Waals surface area contributed by atoms with Crippen molar-refractivity contribution < 1.29 is 45.2 Å². The smallest absolute Gasteiger partial charge is 0.417 e. The summed E-state index contributed by atoms with van der Waals surface area (Å²) in [5, 5.41) is 2.45. The molecule has 1 unspecified atom stereocenters. The third-order valence-electron chi connectivity index (χ3n) is 3.15. The molecule has 0 aliphatic heterocycles. The predicted molar refractivity (Wildman–Crippen MR) is 95.3 cm³/mol. The highest BCUT2D eigenvalue weighted by atomic mass is 32.2. The summed E-state index contributed by atoms with van der Waals surface area (Å²) in [6.07, 6.45) is -5.38. The maximum Gasteiger partial charge on any atom is 0.417 e. The minimum Gasteiger partial charge on any atom is -0.740 e. The van der Waals surface area contributed by atoms with Gasteiger partial charge in [0.2, 0.25) is 0 Å². The van der Waals surface area contributed by atoms with Crippen LogP contribution >= 0.6 is 0 Å². The molecule has 0 heterocycles. The molecule has 0 radical (unpaired) electrons. The van der Waals surface area contributed by atoms with Gasteiger partial charge in [0.1, 0.15) is 22.7 Å². The molecule has 1 rings (SSSR count). The number of nitrogens with one attached hydrogen (secondary N) is 1. The molecular formula is C17H21F3NO7S-. The van der Waals surface area contributed by atoms with E-state index >= 15 is 0 Å². The van der Waals surface area contributed by atoms with Crippen LogP contribution in [0.3, 0.4) is 0 Å². The molecule has 0 aromatic heterocycles. The molecule has 29 heavy (non-hydrogen) atoms. The second-order valence-corrected chi connectivity index (χ2v) is 7.39. The lowest BCUT2D eigenvalue weighted by Gasteiger charge is -2.20. The van der Waals surface area contributed by atoms with E-state index in [1.807, 2.05) is 0 Å². The third kappa shape index (κ3) is 8.69. The molecule has 8 nitrogen and oxygen atoms in total. The number of ether oxygens (including phenoxy) is 2. The number of rotatable bonds is 8. The van der Waals surface area contributed by atoms with Gasteiger partial charge in [0.25, 0.3) is 0 Å². The van der Waals surface area contributed by atoms with Crippen LogP contribution in [-0.4, -0.2) is 39.4 Å². The van der Waals surface area contributed by atoms with Crippen LogP contribution in [-0.2, 0) is 22.3 Å². The average Bonchev–Trinajstić information content (AvgIpc) is 2.50. The van der Waals surface area contributed by atoms with Crippen molar-refractivity contribution in [3.8, 4) is 11.5 Å². The van der Waals surface area contributed by atoms with E-state index in [1.54, 1.807) is 20.8 Å². The molecule has 164 valence electrons. The summed E-state index contributed by atoms with van der Waals surface area (Å²) in [5.74, 6) is -2.16. The van der Waals surface area contributed by atoms with Gasteiger partial charge in [-0.15, -0.1) is 0 Å². The molecular weight excluding hydrogens is 419 g/mol. The Kier molecular flexibility index (Phi) is 8.45. The molecule has 0 spiro atoms. The van der Waals surface area contributed by atoms with Crippen molar-refractivity contribution in [3.63, 3.8) is 0 Å². The van der Waals surface area contributed by atoms with Gasteiger partial charge >= 0.3 is 12.3 Å². The van der Waals surface area contributed by atoms with Gasteiger partial charge in [0, 0.05) is 12.6 Å². The number of amides is 1. The first-order valence-electron chi connectivity index (χ1n) is 8.34. The van der Waals surface area contributed by atoms with Gasteiger partial charge in [-0.05, 0) is 40.2 Å². The molecule has 0 bridgehead atoms. The zero-order chi connectivity index (χ0) is 22.4. The summed E-state index contributed by atoms with van der Waals surface area (Å²) in [7, 11) is 0. The Morgan fingerprint density at radius 2 is 1.83 bits per heavy atom. The summed E-state index contributed by atoms with van der Waals surface area (Å²) in [5.41, 5.74) is -2.97. The van der Waals surface area contributed by atoms with E-state index in [0.717, 1.165) is 13.0 Å². The van der Waals surface area contributed by atoms with E-state index in [0.29, 0.717) is 6.07 Å². The quantitative estimate of drug-likeness (QED) is 0.374. The van der Waals surface area contributed by atoms with Crippen LogP contribution in [0.25, 0.3) is 0 Å². The Morgan fingerprint density at radius 3 is 2.31 bits per heavy atom. The summed E-state index contributed by atoms with van der Waals surface area (Å²) in [4.78, 5) is 23.1. The lowest BCUT2D eigenvalue weighted by molar-refractivity contribution is -0.138. The number of hydrogen-bond donors (Lipinski definition) is 1. The highest BCUT2D eigenvalue weighted by Crippen LogP contribution is 2.39. The van der Waals surface area contributed by atoms with E-state index in [4.69, 9.17) is 9.47 Å². The van der Waals surface area contributed by atoms with E-state index < -0.39 is 51.9 Å². The fourth-order valence-corrected chi connectivity index (χ4v) is 2.44. The zero-order valence-corrected chi connectivity index (χ0v) is 17.0. The monoisotopic (exact) mass is 440 g/mol. The maximum atomic E-state index is 13.3. The van der Waals surface area contributed by atoms with Crippen molar-refractivity contribution in [3.05, 3.63) is 23.3 Å². The molecule has 0 aliphatic carbocycles. The number of ketones is 1. The van der Waals surface area contributed by atoms with Crippen LogP contribution in [0.4, 0.5) is 18.0 Å². The predicted octanol–water partition coefficient (Wildman–Crippen LogP) is 3.37. The van der Waals surface area contributed by atoms with Crippen molar-refractivity contribution in [1.82, 2.24) is 5.32 Å². The standard InChI is InChI=1S/C17H22F3NO7S/c1-10(22)14-12(17(18,19)20)8-11(9-13(14)28-29(24)25)26-7-5-6-21-15(23)27-16(2,3)4/h8-9H,5-7H2,1-4H3,(H,21,23)(H,24,25)/p-1. The largest absolute Gasteiger partial charge is 0.740 e. The lowest BCUT2D eigenvalue weighted by atomic mass is 10.0. The summed E-state index contributed by atoms with van der Waals surface area (Å²) in [6, 6.07) is 1.46. The number of hydrogen-bond acceptors (Lipinski definition) is 7. The van der Waals surface area contributed by atoms with Crippen LogP contribution in [0.5, 0.6) is 11.5 Å². The molecule has 0 aliphatic rings. The number of carbonyl (C=O) groups excluding carboxylic acids is 2. The van der Waals surface area contributed by atoms with E-state index in [2.05, 4.69) is 9.50 Å². The first kappa shape index (κ1) is 24.7. The van der Waals surface area contributed by atoms with Crippen molar-refractivity contribution >= 4 is 23.2 Å². The van der Waals surface area contributed by atoms with Gasteiger partial charge in [0.15, 0.2) is 11.5 Å². The molecule has 12 heteroatoms. The van der Waals surface area contributed by atoms with Crippen LogP contribution in [0.1, 0.15) is 50.0 Å². The van der Waals surface area contributed by atoms with Gasteiger partial charge in [-0.2, -0.15) is 13.2 Å². The van der Waals surface area contributed by atoms with Gasteiger partial charge in [0.05, 0.1) is 17.7 Å². The Labute approximate surface area is 168 Å². The molecule has 0 fully saturated rings. The molecule has 1 aromatic rings. The third-order valence-corrected chi connectivity index (χ3v) is 3.46. The maximum absolute atomic E-state index is 13.3. The van der Waals surface area contributed by atoms with Gasteiger partial charge in [-0.25, -0.2) is 9.00 Å². The Hall–Kier alpha value is -2.34.